The maximum Gasteiger partial charge on any atom is 0.149 e. The molecule has 5 aliphatic carbocycles. The second-order valence-corrected chi connectivity index (χ2v) is 19.1. The number of anilines is 1. The van der Waals surface area contributed by atoms with Gasteiger partial charge in [-0.25, -0.2) is 8.78 Å². The van der Waals surface area contributed by atoms with E-state index in [4.69, 9.17) is 14.2 Å². The van der Waals surface area contributed by atoms with E-state index in [1.807, 2.05) is 0 Å². The molecule has 0 amide bonds. The van der Waals surface area contributed by atoms with Gasteiger partial charge in [0.05, 0.1) is 39.1 Å². The molecular formula is C53H31F2NO3. The van der Waals surface area contributed by atoms with E-state index in [-0.39, 0.29) is 23.6 Å². The van der Waals surface area contributed by atoms with Crippen LogP contribution in [0.15, 0.2) is 48.5 Å². The van der Waals surface area contributed by atoms with Crippen molar-refractivity contribution in [3.8, 4) is 0 Å². The highest BCUT2D eigenvalue weighted by atomic mass is 19.1. The van der Waals surface area contributed by atoms with Crippen molar-refractivity contribution in [2.45, 2.75) is 30.7 Å². The van der Waals surface area contributed by atoms with Crippen LogP contribution in [0.5, 0.6) is 0 Å². The van der Waals surface area contributed by atoms with Crippen LogP contribution in [0.4, 0.5) is 14.5 Å². The molecule has 4 nitrogen and oxygen atoms in total. The highest BCUT2D eigenvalue weighted by molar-refractivity contribution is 6.62. The molecule has 0 aromatic heterocycles. The van der Waals surface area contributed by atoms with Gasteiger partial charge in [0.2, 0.25) is 0 Å². The predicted octanol–water partition coefficient (Wildman–Crippen LogP) is 10.5. The summed E-state index contributed by atoms with van der Waals surface area (Å²) in [6.45, 7) is 2.66. The molecule has 6 aliphatic rings. The van der Waals surface area contributed by atoms with E-state index in [1.54, 1.807) is 7.11 Å². The maximum atomic E-state index is 16.3. The topological polar surface area (TPSA) is 30.9 Å². The Morgan fingerprint density at radius 2 is 1.17 bits per heavy atom. The first-order chi connectivity index (χ1) is 29.1. The largest absolute Gasteiger partial charge is 0.382 e. The van der Waals surface area contributed by atoms with Gasteiger partial charge in [-0.3, -0.25) is 0 Å². The van der Waals surface area contributed by atoms with Crippen LogP contribution in [0.3, 0.4) is 0 Å². The highest BCUT2D eigenvalue weighted by Gasteiger charge is 2.65. The van der Waals surface area contributed by atoms with Gasteiger partial charge in [0, 0.05) is 30.9 Å². The van der Waals surface area contributed by atoms with Gasteiger partial charge in [0.1, 0.15) is 17.3 Å². The van der Waals surface area contributed by atoms with Gasteiger partial charge in [-0.2, -0.15) is 0 Å². The van der Waals surface area contributed by atoms with Crippen LogP contribution >= 0.6 is 0 Å². The Kier molecular flexibility index (Phi) is 4.40. The van der Waals surface area contributed by atoms with E-state index in [1.165, 1.54) is 170 Å². The minimum atomic E-state index is -0.519. The van der Waals surface area contributed by atoms with Crippen molar-refractivity contribution >= 4 is 119 Å². The number of hydrogen-bond acceptors (Lipinski definition) is 4. The molecule has 6 heteroatoms. The number of nitrogens with zero attached hydrogens (tertiary/aromatic N) is 1. The number of rotatable bonds is 9. The summed E-state index contributed by atoms with van der Waals surface area (Å²) in [5.41, 5.74) is 9.74. The van der Waals surface area contributed by atoms with Crippen molar-refractivity contribution in [2.75, 3.05) is 51.6 Å². The maximum absolute atomic E-state index is 16.3. The number of halogens is 2. The van der Waals surface area contributed by atoms with E-state index >= 15 is 8.78 Å². The second kappa shape index (κ2) is 8.78. The third-order valence-corrected chi connectivity index (χ3v) is 17.3. The Bertz CT molecular complexity index is 4060. The molecule has 59 heavy (non-hydrogen) atoms. The van der Waals surface area contributed by atoms with Crippen molar-refractivity contribution in [3.05, 3.63) is 104 Å². The Labute approximate surface area is 333 Å². The van der Waals surface area contributed by atoms with Gasteiger partial charge in [0.15, 0.2) is 0 Å². The van der Waals surface area contributed by atoms with Gasteiger partial charge in [0.25, 0.3) is 0 Å². The summed E-state index contributed by atoms with van der Waals surface area (Å²) in [6, 6.07) is 16.6. The lowest BCUT2D eigenvalue weighted by Gasteiger charge is -2.46. The number of fused-ring (bicyclic) bond motifs is 1. The molecule has 4 unspecified atom stereocenters. The number of methoxy groups -OCH3 is 1. The SMILES string of the molecule is COCCOCCOCC1N(c2c(F)cccc2F)CC2c3cc4c5c6c(cc7c8c6c6c9c%10c(c3c59)C3c5c(cc9cc%11cc(c%12c%11c%11c9c5c%10c%11c6c%128)C7)=CC231)C4. The zero-order valence-corrected chi connectivity index (χ0v) is 32.0. The van der Waals surface area contributed by atoms with Crippen LogP contribution in [0.2, 0.25) is 0 Å². The van der Waals surface area contributed by atoms with Gasteiger partial charge in [-0.15, -0.1) is 0 Å². The third-order valence-electron chi connectivity index (χ3n) is 17.3. The summed E-state index contributed by atoms with van der Waals surface area (Å²) in [4.78, 5) is 2.08. The van der Waals surface area contributed by atoms with E-state index < -0.39 is 17.0 Å². The third kappa shape index (κ3) is 2.64. The molecular weight excluding hydrogens is 737 g/mol. The molecule has 0 N–H and O–H groups in total. The van der Waals surface area contributed by atoms with Gasteiger partial charge in [-0.05, 0) is 189 Å². The van der Waals surface area contributed by atoms with Crippen molar-refractivity contribution in [2.24, 2.45) is 5.41 Å². The lowest BCUT2D eigenvalue weighted by Crippen LogP contribution is -2.47. The van der Waals surface area contributed by atoms with Crippen LogP contribution in [0.25, 0.3) is 114 Å². The molecule has 1 spiro atoms. The molecule has 4 atom stereocenters. The van der Waals surface area contributed by atoms with Crippen molar-refractivity contribution in [1.82, 2.24) is 0 Å². The molecule has 12 aromatic rings. The van der Waals surface area contributed by atoms with E-state index in [9.17, 15) is 0 Å². The molecule has 0 bridgehead atoms. The van der Waals surface area contributed by atoms with Crippen LogP contribution in [0, 0.1) is 17.0 Å². The van der Waals surface area contributed by atoms with E-state index in [0.717, 1.165) is 12.8 Å². The fourth-order valence-electron chi connectivity index (χ4n) is 15.9. The minimum absolute atomic E-state index is 0.00842. The van der Waals surface area contributed by atoms with E-state index in [2.05, 4.69) is 41.3 Å². The molecule has 18 rings (SSSR count). The first kappa shape index (κ1) is 29.5. The summed E-state index contributed by atoms with van der Waals surface area (Å²) < 4.78 is 50.3. The Hall–Kier alpha value is -5.66. The molecule has 280 valence electrons. The predicted molar refractivity (Wildman–Crippen MR) is 232 cm³/mol. The molecule has 1 saturated heterocycles. The van der Waals surface area contributed by atoms with Gasteiger partial charge >= 0.3 is 0 Å². The van der Waals surface area contributed by atoms with Crippen LogP contribution in [0.1, 0.15) is 50.8 Å². The van der Waals surface area contributed by atoms with Crippen LogP contribution in [-0.2, 0) is 27.1 Å². The lowest BCUT2D eigenvalue weighted by molar-refractivity contribution is 0.0158. The number of hydrogen-bond donors (Lipinski definition) is 0. The fraction of sp³-hybridized carbons (Fsp3) is 0.245. The standard InChI is InChI=1S/C53H31F2NO3/c1-57-5-6-58-7-8-59-18-30-53-16-25-14-23-12-20-9-19-10-22-11-21-13-24-15-26(27(53)17-56(30)52-28(54)3-2-4-29(52)55)38-43-34(24)33(21)40-35(22)39-31(19)32(20)41-36(23)42-37(25)51(53)50(38)49-47(42)45(41)44(39)46(40)48(43)49/h2-4,9,11-12,14-16,27,30,51H,5-8,10,13,17-18H2,1H3. The molecule has 0 radical (unpaired) electrons. The average Bonchev–Trinajstić information content (AvgIpc) is 4.08. The monoisotopic (exact) mass is 767 g/mol. The second-order valence-electron chi connectivity index (χ2n) is 19.1. The zero-order valence-electron chi connectivity index (χ0n) is 32.0. The summed E-state index contributed by atoms with van der Waals surface area (Å²) >= 11 is 0. The summed E-state index contributed by atoms with van der Waals surface area (Å²) in [5.74, 6) is -1.02. The van der Waals surface area contributed by atoms with Crippen LogP contribution in [-0.4, -0.2) is 52.7 Å². The van der Waals surface area contributed by atoms with Crippen molar-refractivity contribution in [1.29, 1.82) is 0 Å². The normalized spacial score (nSPS) is 23.2. The van der Waals surface area contributed by atoms with Crippen molar-refractivity contribution in [3.63, 3.8) is 0 Å². The number of para-hydroxylation sites is 1. The average molecular weight is 768 g/mol. The Balaban J connectivity index is 1.04. The van der Waals surface area contributed by atoms with E-state index in [0.29, 0.717) is 39.6 Å². The zero-order chi connectivity index (χ0) is 37.8. The Morgan fingerprint density at radius 1 is 0.593 bits per heavy atom. The van der Waals surface area contributed by atoms with Crippen LogP contribution < -0.4 is 10.1 Å². The van der Waals surface area contributed by atoms with Crippen molar-refractivity contribution < 1.29 is 23.0 Å². The first-order valence-corrected chi connectivity index (χ1v) is 21.4. The lowest BCUT2D eigenvalue weighted by atomic mass is 9.56. The van der Waals surface area contributed by atoms with Gasteiger partial charge in [-0.1, -0.05) is 30.3 Å². The minimum Gasteiger partial charge on any atom is -0.382 e. The van der Waals surface area contributed by atoms with Gasteiger partial charge < -0.3 is 19.1 Å². The highest BCUT2D eigenvalue weighted by Crippen LogP contribution is 2.74. The quantitative estimate of drug-likeness (QED) is 0.108. The summed E-state index contributed by atoms with van der Waals surface area (Å²) in [5, 5.41) is 30.8. The molecule has 1 heterocycles. The fourth-order valence-corrected chi connectivity index (χ4v) is 15.9. The Morgan fingerprint density at radius 3 is 1.97 bits per heavy atom. The number of ether oxygens (including phenoxy) is 3. The summed E-state index contributed by atoms with van der Waals surface area (Å²) in [6.07, 6.45) is 4.51. The smallest absolute Gasteiger partial charge is 0.149 e. The first-order valence-electron chi connectivity index (χ1n) is 21.4. The molecule has 1 fully saturated rings. The summed E-state index contributed by atoms with van der Waals surface area (Å²) in [7, 11) is 1.67. The molecule has 12 aromatic carbocycles. The molecule has 0 saturated carbocycles. The molecule has 1 aliphatic heterocycles. The number of benzene rings is 8.